The highest BCUT2D eigenvalue weighted by Crippen LogP contribution is 2.23. The van der Waals surface area contributed by atoms with Crippen molar-refractivity contribution in [2.24, 2.45) is 5.73 Å². The average molecular weight is 385 g/mol. The largest absolute Gasteiger partial charge is 0.496 e. The molecule has 9 heteroatoms. The van der Waals surface area contributed by atoms with Gasteiger partial charge in [-0.05, 0) is 24.3 Å². The fourth-order valence-electron chi connectivity index (χ4n) is 3.33. The molecule has 1 unspecified atom stereocenters. The highest BCUT2D eigenvalue weighted by molar-refractivity contribution is 5.98. The van der Waals surface area contributed by atoms with Crippen LogP contribution >= 0.6 is 0 Å². The molecule has 3 rings (SSSR count). The monoisotopic (exact) mass is 385 g/mol. The molecule has 2 N–H and O–H groups in total. The van der Waals surface area contributed by atoms with Crippen molar-refractivity contribution < 1.29 is 19.1 Å². The summed E-state index contributed by atoms with van der Waals surface area (Å²) in [5.74, 6) is -0.454. The summed E-state index contributed by atoms with van der Waals surface area (Å²) in [5, 5.41) is 4.18. The third-order valence-corrected chi connectivity index (χ3v) is 4.83. The molecular formula is C19H23N5O4. The van der Waals surface area contributed by atoms with Crippen LogP contribution in [0.25, 0.3) is 0 Å². The molecule has 0 saturated carbocycles. The Morgan fingerprint density at radius 3 is 2.68 bits per heavy atom. The normalized spacial score (nSPS) is 16.7. The quantitative estimate of drug-likeness (QED) is 0.785. The number of hydrogen-bond acceptors (Lipinski definition) is 5. The van der Waals surface area contributed by atoms with Crippen LogP contribution in [0.2, 0.25) is 0 Å². The Bertz CT molecular complexity index is 880. The maximum Gasteiger partial charge on any atom is 0.254 e. The van der Waals surface area contributed by atoms with E-state index in [1.54, 1.807) is 36.2 Å². The highest BCUT2D eigenvalue weighted by Gasteiger charge is 2.35. The summed E-state index contributed by atoms with van der Waals surface area (Å²) in [4.78, 5) is 39.6. The Morgan fingerprint density at radius 2 is 2.07 bits per heavy atom. The van der Waals surface area contributed by atoms with Gasteiger partial charge in [-0.15, -0.1) is 0 Å². The van der Waals surface area contributed by atoms with Crippen LogP contribution < -0.4 is 10.5 Å². The first-order valence-corrected chi connectivity index (χ1v) is 8.91. The summed E-state index contributed by atoms with van der Waals surface area (Å²) in [6.07, 6.45) is 3.49. The van der Waals surface area contributed by atoms with Gasteiger partial charge in [-0.25, -0.2) is 0 Å². The number of benzene rings is 1. The minimum Gasteiger partial charge on any atom is -0.496 e. The fourth-order valence-corrected chi connectivity index (χ4v) is 3.33. The molecule has 3 amide bonds. The van der Waals surface area contributed by atoms with Crippen LogP contribution in [0.4, 0.5) is 0 Å². The first-order chi connectivity index (χ1) is 13.4. The molecule has 1 atom stereocenters. The second-order valence-corrected chi connectivity index (χ2v) is 6.61. The van der Waals surface area contributed by atoms with Crippen molar-refractivity contribution in [3.8, 4) is 5.75 Å². The van der Waals surface area contributed by atoms with E-state index in [1.165, 1.54) is 16.7 Å². The van der Waals surface area contributed by atoms with Crippen molar-refractivity contribution in [2.45, 2.75) is 19.5 Å². The smallest absolute Gasteiger partial charge is 0.254 e. The van der Waals surface area contributed by atoms with E-state index < -0.39 is 11.9 Å². The minimum atomic E-state index is -0.859. The number of rotatable bonds is 5. The molecule has 2 heterocycles. The standard InChI is InChI=1S/C19H23N5O4/c1-13(25)22-8-9-24(16(12-22)18(20)26)19(27)14-4-5-17(28-2)15(10-14)11-23-7-3-6-21-23/h3-7,10,16H,8-9,11-12H2,1-2H3,(H2,20,26). The molecule has 2 aromatic rings. The van der Waals surface area contributed by atoms with Crippen LogP contribution in [-0.4, -0.2) is 70.1 Å². The summed E-state index contributed by atoms with van der Waals surface area (Å²) < 4.78 is 7.12. The number of nitrogens with zero attached hydrogens (tertiary/aromatic N) is 4. The number of piperazine rings is 1. The zero-order valence-corrected chi connectivity index (χ0v) is 15.9. The van der Waals surface area contributed by atoms with Crippen LogP contribution in [0.15, 0.2) is 36.7 Å². The number of carbonyl (C=O) groups is 3. The second-order valence-electron chi connectivity index (χ2n) is 6.61. The topological polar surface area (TPSA) is 111 Å². The van der Waals surface area contributed by atoms with Crippen molar-refractivity contribution in [1.29, 1.82) is 0 Å². The van der Waals surface area contributed by atoms with E-state index in [2.05, 4.69) is 5.10 Å². The number of primary amides is 1. The molecule has 0 bridgehead atoms. The van der Waals surface area contributed by atoms with Gasteiger partial charge in [0.25, 0.3) is 5.91 Å². The van der Waals surface area contributed by atoms with Gasteiger partial charge in [-0.3, -0.25) is 19.1 Å². The van der Waals surface area contributed by atoms with E-state index in [1.807, 2.05) is 12.3 Å². The van der Waals surface area contributed by atoms with Gasteiger partial charge in [0.1, 0.15) is 11.8 Å². The summed E-state index contributed by atoms with van der Waals surface area (Å²) in [7, 11) is 1.56. The van der Waals surface area contributed by atoms with E-state index in [-0.39, 0.29) is 24.9 Å². The first kappa shape index (κ1) is 19.4. The third kappa shape index (κ3) is 3.98. The Hall–Kier alpha value is -3.36. The van der Waals surface area contributed by atoms with E-state index in [0.717, 1.165) is 5.56 Å². The summed E-state index contributed by atoms with van der Waals surface area (Å²) in [5.41, 5.74) is 6.71. The lowest BCUT2D eigenvalue weighted by Crippen LogP contribution is -2.60. The van der Waals surface area contributed by atoms with Crippen molar-refractivity contribution >= 4 is 17.7 Å². The molecular weight excluding hydrogens is 362 g/mol. The van der Waals surface area contributed by atoms with Crippen LogP contribution in [0.3, 0.4) is 0 Å². The number of amides is 3. The fraction of sp³-hybridized carbons (Fsp3) is 0.368. The minimum absolute atomic E-state index is 0.104. The first-order valence-electron chi connectivity index (χ1n) is 8.91. The van der Waals surface area contributed by atoms with Gasteiger partial charge in [0.2, 0.25) is 11.8 Å². The Morgan fingerprint density at radius 1 is 1.29 bits per heavy atom. The van der Waals surface area contributed by atoms with Crippen molar-refractivity contribution in [1.82, 2.24) is 19.6 Å². The molecule has 0 aliphatic carbocycles. The van der Waals surface area contributed by atoms with E-state index in [9.17, 15) is 14.4 Å². The molecule has 1 saturated heterocycles. The van der Waals surface area contributed by atoms with Crippen molar-refractivity contribution in [2.75, 3.05) is 26.7 Å². The predicted octanol–water partition coefficient (Wildman–Crippen LogP) is 0.0982. The number of carbonyl (C=O) groups excluding carboxylic acids is 3. The molecule has 1 fully saturated rings. The SMILES string of the molecule is COc1ccc(C(=O)N2CCN(C(C)=O)CC2C(N)=O)cc1Cn1cccn1. The van der Waals surface area contributed by atoms with Gasteiger partial charge >= 0.3 is 0 Å². The van der Waals surface area contributed by atoms with Gasteiger partial charge in [0, 0.05) is 43.5 Å². The zero-order valence-electron chi connectivity index (χ0n) is 15.9. The number of methoxy groups -OCH3 is 1. The molecule has 28 heavy (non-hydrogen) atoms. The molecule has 1 aliphatic heterocycles. The van der Waals surface area contributed by atoms with Crippen LogP contribution in [0.5, 0.6) is 5.75 Å². The summed E-state index contributed by atoms with van der Waals surface area (Å²) in [6, 6.07) is 6.06. The molecule has 9 nitrogen and oxygen atoms in total. The lowest BCUT2D eigenvalue weighted by Gasteiger charge is -2.39. The molecule has 1 aromatic heterocycles. The van der Waals surface area contributed by atoms with Gasteiger partial charge < -0.3 is 20.3 Å². The van der Waals surface area contributed by atoms with Crippen molar-refractivity contribution in [3.63, 3.8) is 0 Å². The lowest BCUT2D eigenvalue weighted by atomic mass is 10.1. The summed E-state index contributed by atoms with van der Waals surface area (Å²) in [6.45, 7) is 2.58. The van der Waals surface area contributed by atoms with E-state index in [0.29, 0.717) is 24.4 Å². The number of aromatic nitrogens is 2. The van der Waals surface area contributed by atoms with Gasteiger partial charge in [0.15, 0.2) is 0 Å². The Kier molecular flexibility index (Phi) is 5.62. The average Bonchev–Trinajstić information content (AvgIpc) is 3.19. The zero-order chi connectivity index (χ0) is 20.3. The van der Waals surface area contributed by atoms with Gasteiger partial charge in [0.05, 0.1) is 20.2 Å². The highest BCUT2D eigenvalue weighted by atomic mass is 16.5. The number of ether oxygens (including phenoxy) is 1. The van der Waals surface area contributed by atoms with Crippen LogP contribution in [0.1, 0.15) is 22.8 Å². The number of nitrogens with two attached hydrogens (primary N) is 1. The number of hydrogen-bond donors (Lipinski definition) is 1. The van der Waals surface area contributed by atoms with Gasteiger partial charge in [-0.2, -0.15) is 5.10 Å². The second kappa shape index (κ2) is 8.12. The van der Waals surface area contributed by atoms with Gasteiger partial charge in [-0.1, -0.05) is 0 Å². The van der Waals surface area contributed by atoms with Crippen molar-refractivity contribution in [3.05, 3.63) is 47.8 Å². The Balaban J connectivity index is 1.86. The maximum absolute atomic E-state index is 13.1. The lowest BCUT2D eigenvalue weighted by molar-refractivity contribution is -0.134. The van der Waals surface area contributed by atoms with E-state index in [4.69, 9.17) is 10.5 Å². The summed E-state index contributed by atoms with van der Waals surface area (Å²) >= 11 is 0. The maximum atomic E-state index is 13.1. The van der Waals surface area contributed by atoms with Crippen LogP contribution in [-0.2, 0) is 16.1 Å². The predicted molar refractivity (Wildman–Crippen MR) is 101 cm³/mol. The molecule has 0 spiro atoms. The van der Waals surface area contributed by atoms with Crippen LogP contribution in [0, 0.1) is 0 Å². The molecule has 1 aliphatic rings. The molecule has 0 radical (unpaired) electrons. The molecule has 148 valence electrons. The third-order valence-electron chi connectivity index (χ3n) is 4.83. The molecule has 1 aromatic carbocycles. The van der Waals surface area contributed by atoms with E-state index >= 15 is 0 Å². The Labute approximate surface area is 162 Å².